The van der Waals surface area contributed by atoms with Crippen molar-refractivity contribution in [1.82, 2.24) is 20.3 Å². The zero-order valence-corrected chi connectivity index (χ0v) is 19.0. The van der Waals surface area contributed by atoms with E-state index in [0.717, 1.165) is 29.1 Å². The van der Waals surface area contributed by atoms with Crippen molar-refractivity contribution in [2.75, 3.05) is 30.4 Å². The van der Waals surface area contributed by atoms with Crippen LogP contribution in [0.3, 0.4) is 0 Å². The van der Waals surface area contributed by atoms with Crippen molar-refractivity contribution in [3.8, 4) is 5.75 Å². The van der Waals surface area contributed by atoms with Crippen LogP contribution in [-0.2, 0) is 18.0 Å². The summed E-state index contributed by atoms with van der Waals surface area (Å²) in [4.78, 5) is 39.0. The number of nitrogens with zero attached hydrogens (tertiary/aromatic N) is 4. The molecular weight excluding hydrogens is 452 g/mol. The van der Waals surface area contributed by atoms with Crippen LogP contribution in [0, 0.1) is 0 Å². The van der Waals surface area contributed by atoms with E-state index in [4.69, 9.17) is 24.5 Å². The van der Waals surface area contributed by atoms with E-state index in [9.17, 15) is 9.59 Å². The fourth-order valence-electron chi connectivity index (χ4n) is 4.07. The van der Waals surface area contributed by atoms with E-state index in [1.165, 1.54) is 18.3 Å². The van der Waals surface area contributed by atoms with Gasteiger partial charge < -0.3 is 30.1 Å². The number of anilines is 3. The lowest BCUT2D eigenvalue weighted by Gasteiger charge is -2.19. The number of carbonyl (C=O) groups is 2. The van der Waals surface area contributed by atoms with Gasteiger partial charge >= 0.3 is 5.97 Å². The van der Waals surface area contributed by atoms with E-state index in [1.807, 2.05) is 29.2 Å². The molecular formula is C24H24N6O5. The third kappa shape index (κ3) is 4.85. The van der Waals surface area contributed by atoms with Crippen LogP contribution in [0.15, 0.2) is 42.6 Å². The summed E-state index contributed by atoms with van der Waals surface area (Å²) in [7, 11) is 1.63. The van der Waals surface area contributed by atoms with Gasteiger partial charge in [0, 0.05) is 36.6 Å². The van der Waals surface area contributed by atoms with Crippen LogP contribution in [0.1, 0.15) is 38.5 Å². The zero-order chi connectivity index (χ0) is 24.4. The van der Waals surface area contributed by atoms with Crippen LogP contribution >= 0.6 is 0 Å². The van der Waals surface area contributed by atoms with E-state index in [-0.39, 0.29) is 23.2 Å². The lowest BCUT2D eigenvalue weighted by atomic mass is 10.2. The zero-order valence-electron chi connectivity index (χ0n) is 19.0. The van der Waals surface area contributed by atoms with Gasteiger partial charge in [-0.05, 0) is 42.8 Å². The number of carboxylic acid groups (broad SMARTS) is 1. The molecule has 1 atom stereocenters. The topological polar surface area (TPSA) is 139 Å². The number of hydrogen-bond donors (Lipinski definition) is 3. The van der Waals surface area contributed by atoms with Crippen LogP contribution < -0.4 is 20.3 Å². The largest absolute Gasteiger partial charge is 0.497 e. The Bertz CT molecular complexity index is 1250. The molecule has 0 saturated carbocycles. The summed E-state index contributed by atoms with van der Waals surface area (Å²) in [6, 6.07) is 10.2. The lowest BCUT2D eigenvalue weighted by Crippen LogP contribution is -2.37. The first-order valence-corrected chi connectivity index (χ1v) is 11.1. The molecule has 3 N–H and O–H groups in total. The van der Waals surface area contributed by atoms with Gasteiger partial charge in [0.05, 0.1) is 31.6 Å². The predicted molar refractivity (Wildman–Crippen MR) is 126 cm³/mol. The molecule has 5 rings (SSSR count). The Morgan fingerprint density at radius 1 is 1.14 bits per heavy atom. The van der Waals surface area contributed by atoms with Crippen LogP contribution in [-0.4, -0.2) is 58.2 Å². The van der Waals surface area contributed by atoms with E-state index >= 15 is 0 Å². The number of rotatable bonds is 7. The van der Waals surface area contributed by atoms with Gasteiger partial charge in [-0.3, -0.25) is 9.78 Å². The summed E-state index contributed by atoms with van der Waals surface area (Å²) in [6.45, 7) is 2.09. The van der Waals surface area contributed by atoms with E-state index in [1.54, 1.807) is 7.11 Å². The van der Waals surface area contributed by atoms with Crippen LogP contribution in [0.2, 0.25) is 0 Å². The summed E-state index contributed by atoms with van der Waals surface area (Å²) in [5.41, 5.74) is 2.86. The quantitative estimate of drug-likeness (QED) is 0.466. The molecule has 1 fully saturated rings. The Labute approximate surface area is 201 Å². The van der Waals surface area contributed by atoms with Gasteiger partial charge in [-0.25, -0.2) is 9.78 Å². The van der Waals surface area contributed by atoms with Crippen molar-refractivity contribution in [3.05, 3.63) is 65.1 Å². The normalized spacial score (nSPS) is 16.6. The van der Waals surface area contributed by atoms with Crippen molar-refractivity contribution in [3.63, 3.8) is 0 Å². The number of methoxy groups -OCH3 is 1. The second-order valence-electron chi connectivity index (χ2n) is 8.29. The first-order chi connectivity index (χ1) is 17.0. The van der Waals surface area contributed by atoms with Crippen LogP contribution in [0.5, 0.6) is 5.75 Å². The Morgan fingerprint density at radius 2 is 1.97 bits per heavy atom. The van der Waals surface area contributed by atoms with Crippen molar-refractivity contribution in [2.24, 2.45) is 0 Å². The Hall–Kier alpha value is -4.25. The minimum absolute atomic E-state index is 0.0328. The van der Waals surface area contributed by atoms with Crippen LogP contribution in [0.25, 0.3) is 0 Å². The number of aromatic nitrogens is 3. The summed E-state index contributed by atoms with van der Waals surface area (Å²) < 4.78 is 10.8. The van der Waals surface area contributed by atoms with Gasteiger partial charge in [0.1, 0.15) is 17.3 Å². The van der Waals surface area contributed by atoms with Gasteiger partial charge in [0.2, 0.25) is 5.95 Å². The molecule has 180 valence electrons. The molecule has 3 aromatic rings. The highest BCUT2D eigenvalue weighted by molar-refractivity contribution is 5.94. The minimum atomic E-state index is -1.09. The fourth-order valence-corrected chi connectivity index (χ4v) is 4.07. The first-order valence-electron chi connectivity index (χ1n) is 11.1. The van der Waals surface area contributed by atoms with E-state index < -0.39 is 5.97 Å². The molecule has 0 spiro atoms. The number of fused-ring (bicyclic) bond motifs is 1. The number of aromatic carboxylic acids is 1. The van der Waals surface area contributed by atoms with Gasteiger partial charge in [0.25, 0.3) is 5.91 Å². The monoisotopic (exact) mass is 476 g/mol. The summed E-state index contributed by atoms with van der Waals surface area (Å²) in [5.74, 6) is 0.606. The van der Waals surface area contributed by atoms with Crippen molar-refractivity contribution in [2.45, 2.75) is 25.7 Å². The average Bonchev–Trinajstić information content (AvgIpc) is 3.54. The molecule has 2 aliphatic heterocycles. The molecule has 1 unspecified atom stereocenters. The molecule has 1 amide bonds. The van der Waals surface area contributed by atoms with Gasteiger partial charge in [-0.2, -0.15) is 4.98 Å². The summed E-state index contributed by atoms with van der Waals surface area (Å²) in [6.07, 6.45) is 1.90. The lowest BCUT2D eigenvalue weighted by molar-refractivity contribution is 0.0695. The molecule has 0 bridgehead atoms. The van der Waals surface area contributed by atoms with Crippen molar-refractivity contribution in [1.29, 1.82) is 0 Å². The van der Waals surface area contributed by atoms with Gasteiger partial charge in [-0.1, -0.05) is 0 Å². The second kappa shape index (κ2) is 9.55. The van der Waals surface area contributed by atoms with E-state index in [2.05, 4.69) is 15.6 Å². The Kier molecular flexibility index (Phi) is 6.15. The first kappa shape index (κ1) is 22.5. The third-order valence-electron chi connectivity index (χ3n) is 5.97. The Morgan fingerprint density at radius 3 is 2.69 bits per heavy atom. The van der Waals surface area contributed by atoms with Crippen molar-refractivity contribution < 1.29 is 24.2 Å². The highest BCUT2D eigenvalue weighted by Gasteiger charge is 2.29. The molecule has 1 aromatic carbocycles. The number of carbonyl (C=O) groups excluding carboxylic acids is 1. The molecule has 2 aliphatic rings. The molecule has 0 aliphatic carbocycles. The average molecular weight is 476 g/mol. The molecule has 35 heavy (non-hydrogen) atoms. The maximum absolute atomic E-state index is 12.6. The molecule has 11 heteroatoms. The number of amides is 1. The minimum Gasteiger partial charge on any atom is -0.497 e. The number of carboxylic acids is 1. The fraction of sp³-hybridized carbons (Fsp3) is 0.292. The molecule has 1 saturated heterocycles. The molecule has 2 aromatic heterocycles. The summed E-state index contributed by atoms with van der Waals surface area (Å²) >= 11 is 0. The van der Waals surface area contributed by atoms with Gasteiger partial charge in [0.15, 0.2) is 0 Å². The Balaban J connectivity index is 1.28. The number of benzene rings is 1. The van der Waals surface area contributed by atoms with Gasteiger partial charge in [-0.15, -0.1) is 0 Å². The standard InChI is InChI=1S/C24H24N6O5/c1-34-17-5-3-15(4-6-17)26-21-18-12-35-13-20(18)28-24(29-21)30-9-8-16(11-30)27-22(31)19-7-2-14(10-25-19)23(32)33/h2-7,10,16H,8-9,11-13H2,1H3,(H,27,31)(H,32,33)(H,26,28,29). The third-order valence-corrected chi connectivity index (χ3v) is 5.97. The van der Waals surface area contributed by atoms with Crippen LogP contribution in [0.4, 0.5) is 17.5 Å². The van der Waals surface area contributed by atoms with Crippen molar-refractivity contribution >= 4 is 29.3 Å². The number of pyridine rings is 1. The summed E-state index contributed by atoms with van der Waals surface area (Å²) in [5, 5.41) is 15.3. The highest BCUT2D eigenvalue weighted by Crippen LogP contribution is 2.30. The van der Waals surface area contributed by atoms with E-state index in [0.29, 0.717) is 38.1 Å². The maximum atomic E-state index is 12.6. The maximum Gasteiger partial charge on any atom is 0.337 e. The number of nitrogens with one attached hydrogen (secondary N) is 2. The predicted octanol–water partition coefficient (Wildman–Crippen LogP) is 2.36. The SMILES string of the molecule is COc1ccc(Nc2nc(N3CCC(NC(=O)c4ccc(C(=O)O)cn4)C3)nc3c2COC3)cc1. The number of hydrogen-bond acceptors (Lipinski definition) is 9. The molecule has 0 radical (unpaired) electrons. The molecule has 11 nitrogen and oxygen atoms in total. The molecule has 4 heterocycles. The smallest absolute Gasteiger partial charge is 0.337 e. The second-order valence-corrected chi connectivity index (χ2v) is 8.29. The number of ether oxygens (including phenoxy) is 2. The highest BCUT2D eigenvalue weighted by atomic mass is 16.5.